The summed E-state index contributed by atoms with van der Waals surface area (Å²) in [5, 5.41) is 7.49. The Labute approximate surface area is 117 Å². The molecule has 0 fully saturated rings. The van der Waals surface area contributed by atoms with Gasteiger partial charge in [-0.3, -0.25) is 0 Å². The molecule has 1 rings (SSSR count). The van der Waals surface area contributed by atoms with Crippen molar-refractivity contribution in [1.29, 1.82) is 0 Å². The predicted molar refractivity (Wildman–Crippen MR) is 78.2 cm³/mol. The Kier molecular flexibility index (Phi) is 5.61. The third kappa shape index (κ3) is 3.66. The van der Waals surface area contributed by atoms with Gasteiger partial charge in [-0.25, -0.2) is 0 Å². The fourth-order valence-electron chi connectivity index (χ4n) is 2.15. The van der Waals surface area contributed by atoms with Gasteiger partial charge in [-0.05, 0) is 0 Å². The number of rotatable bonds is 7. The molecule has 1 aliphatic carbocycles. The van der Waals surface area contributed by atoms with E-state index in [2.05, 4.69) is 46.8 Å². The second-order valence-electron chi connectivity index (χ2n) is 5.41. The molecule has 0 unspecified atom stereocenters. The summed E-state index contributed by atoms with van der Waals surface area (Å²) in [6, 6.07) is 1.08. The first-order valence-electron chi connectivity index (χ1n) is 6.12. The molecule has 0 saturated heterocycles. The number of allylic oxidation sites excluding steroid dienone is 4. The molecule has 0 heterocycles. The first-order chi connectivity index (χ1) is 8.29. The zero-order chi connectivity index (χ0) is 13.9. The molecule has 0 aromatic rings. The summed E-state index contributed by atoms with van der Waals surface area (Å²) in [6.07, 6.45) is 11.7. The van der Waals surface area contributed by atoms with Gasteiger partial charge >= 0.3 is 117 Å². The normalized spacial score (nSPS) is 19.4. The van der Waals surface area contributed by atoms with Crippen molar-refractivity contribution in [3.05, 3.63) is 24.3 Å². The summed E-state index contributed by atoms with van der Waals surface area (Å²) in [5.74, 6) is 0. The molecule has 0 aliphatic heterocycles. The van der Waals surface area contributed by atoms with Crippen LogP contribution in [0.2, 0.25) is 32.3 Å². The molecule has 18 heavy (non-hydrogen) atoms. The maximum atomic E-state index is 5.57. The van der Waals surface area contributed by atoms with Crippen LogP contribution >= 0.6 is 0 Å². The Morgan fingerprint density at radius 3 is 1.94 bits per heavy atom. The second-order valence-corrected chi connectivity index (χ2v) is 21.3. The van der Waals surface area contributed by atoms with Gasteiger partial charge in [0.05, 0.1) is 0 Å². The van der Waals surface area contributed by atoms with E-state index in [1.54, 1.807) is 14.2 Å². The molecule has 0 N–H and O–H groups in total. The summed E-state index contributed by atoms with van der Waals surface area (Å²) < 4.78 is 11.5. The van der Waals surface area contributed by atoms with Crippen LogP contribution in [-0.4, -0.2) is 22.8 Å². The molecular weight excluding hydrogens is 423 g/mol. The molecule has 0 spiro atoms. The monoisotopic (exact) mass is 451 g/mol. The summed E-state index contributed by atoms with van der Waals surface area (Å²) in [4.78, 5) is 0. The predicted octanol–water partition coefficient (Wildman–Crippen LogP) is 4.71. The topological polar surface area (TPSA) is 18.5 Å². The number of hydrogen-bond acceptors (Lipinski definition) is 2. The molecule has 0 atom stereocenters. The van der Waals surface area contributed by atoms with Crippen LogP contribution in [-0.2, 0) is 24.9 Å². The molecule has 4 heteroatoms. The van der Waals surface area contributed by atoms with Crippen molar-refractivity contribution in [3.63, 3.8) is 0 Å². The van der Waals surface area contributed by atoms with Crippen LogP contribution in [0.5, 0.6) is 0 Å². The zero-order valence-corrected chi connectivity index (χ0v) is 15.8. The fourth-order valence-corrected chi connectivity index (χ4v) is 8.36. The first-order valence-corrected chi connectivity index (χ1v) is 16.6. The Morgan fingerprint density at radius 2 is 1.56 bits per heavy atom. The molecule has 110 valence electrons. The van der Waals surface area contributed by atoms with E-state index in [1.807, 2.05) is 0 Å². The summed E-state index contributed by atoms with van der Waals surface area (Å²) in [6.45, 7) is 2.15. The standard InChI is InChI=1S/C11H19O2Si.3CH3.Pt/c1-12-14(3,13-2)10-6-9-11-7-4-5-8-11;;;;/h4-5,7-8H,6,9-10H2,1-3H3;3*1H3;. The van der Waals surface area contributed by atoms with Gasteiger partial charge in [0.1, 0.15) is 0 Å². The van der Waals surface area contributed by atoms with E-state index in [4.69, 9.17) is 8.85 Å². The molecule has 0 aromatic carbocycles. The van der Waals surface area contributed by atoms with E-state index >= 15 is 0 Å². The average molecular weight is 452 g/mol. The van der Waals surface area contributed by atoms with Gasteiger partial charge in [-0.2, -0.15) is 0 Å². The summed E-state index contributed by atoms with van der Waals surface area (Å²) >= 11 is -1.68. The first kappa shape index (κ1) is 16.4. The van der Waals surface area contributed by atoms with Crippen LogP contribution < -0.4 is 0 Å². The van der Waals surface area contributed by atoms with Crippen molar-refractivity contribution < 1.29 is 24.9 Å². The van der Waals surface area contributed by atoms with E-state index < -0.39 is 24.6 Å². The van der Waals surface area contributed by atoms with Crippen LogP contribution in [0.4, 0.5) is 0 Å². The van der Waals surface area contributed by atoms with E-state index in [1.165, 1.54) is 12.8 Å². The summed E-state index contributed by atoms with van der Waals surface area (Å²) in [5.41, 5.74) is 0. The molecule has 0 radical (unpaired) electrons. The molecule has 0 bridgehead atoms. The van der Waals surface area contributed by atoms with Crippen molar-refractivity contribution in [2.75, 3.05) is 14.2 Å². The van der Waals surface area contributed by atoms with Crippen LogP contribution in [0.3, 0.4) is 0 Å². The van der Waals surface area contributed by atoms with Gasteiger partial charge in [-0.15, -0.1) is 0 Å². The minimum atomic E-state index is -1.89. The molecule has 1 aliphatic rings. The van der Waals surface area contributed by atoms with E-state index in [0.717, 1.165) is 6.04 Å². The fraction of sp³-hybridized carbons (Fsp3) is 0.714. The van der Waals surface area contributed by atoms with E-state index in [-0.39, 0.29) is 0 Å². The van der Waals surface area contributed by atoms with Gasteiger partial charge in [0, 0.05) is 0 Å². The molecule has 0 aromatic heterocycles. The Hall–Kier alpha value is 0.305. The molecule has 0 amide bonds. The Balaban J connectivity index is 2.61. The van der Waals surface area contributed by atoms with Gasteiger partial charge in [0.15, 0.2) is 0 Å². The molecular formula is C14H28O2PtSi. The van der Waals surface area contributed by atoms with Crippen molar-refractivity contribution >= 4 is 8.56 Å². The Morgan fingerprint density at radius 1 is 1.06 bits per heavy atom. The van der Waals surface area contributed by atoms with Gasteiger partial charge in [0.2, 0.25) is 0 Å². The van der Waals surface area contributed by atoms with Crippen LogP contribution in [0.1, 0.15) is 12.8 Å². The van der Waals surface area contributed by atoms with E-state index in [9.17, 15) is 0 Å². The maximum absolute atomic E-state index is 5.57. The van der Waals surface area contributed by atoms with Gasteiger partial charge < -0.3 is 0 Å². The third-order valence-corrected chi connectivity index (χ3v) is 14.4. The summed E-state index contributed by atoms with van der Waals surface area (Å²) in [7, 11) is 1.67. The van der Waals surface area contributed by atoms with Gasteiger partial charge in [0.25, 0.3) is 0 Å². The van der Waals surface area contributed by atoms with Crippen molar-refractivity contribution in [2.45, 2.75) is 45.2 Å². The van der Waals surface area contributed by atoms with E-state index in [0.29, 0.717) is 3.80 Å². The zero-order valence-electron chi connectivity index (χ0n) is 12.6. The van der Waals surface area contributed by atoms with Crippen molar-refractivity contribution in [2.24, 2.45) is 0 Å². The van der Waals surface area contributed by atoms with Crippen molar-refractivity contribution in [3.8, 4) is 0 Å². The minimum absolute atomic E-state index is 0.379. The quantitative estimate of drug-likeness (QED) is 0.522. The number of hydrogen-bond donors (Lipinski definition) is 0. The Bertz CT molecular complexity index is 315. The second kappa shape index (κ2) is 6.17. The van der Waals surface area contributed by atoms with Crippen LogP contribution in [0.15, 0.2) is 24.3 Å². The third-order valence-electron chi connectivity index (χ3n) is 3.76. The van der Waals surface area contributed by atoms with Crippen LogP contribution in [0, 0.1) is 0 Å². The SMILES string of the molecule is CO[Si](C)(CCC[C]1([Pt]([CH3])([CH3])[CH3])C=CC=C1)OC. The van der Waals surface area contributed by atoms with Crippen LogP contribution in [0.25, 0.3) is 0 Å². The van der Waals surface area contributed by atoms with Gasteiger partial charge in [-0.1, -0.05) is 0 Å². The molecule has 2 nitrogen and oxygen atoms in total. The molecule has 0 saturated carbocycles. The average Bonchev–Trinajstić information content (AvgIpc) is 2.78. The van der Waals surface area contributed by atoms with Crippen molar-refractivity contribution in [1.82, 2.24) is 0 Å².